The maximum Gasteiger partial charge on any atom is 0.278 e. The van der Waals surface area contributed by atoms with Gasteiger partial charge >= 0.3 is 0 Å². The highest BCUT2D eigenvalue weighted by Gasteiger charge is 2.12. The lowest BCUT2D eigenvalue weighted by atomic mass is 10.2. The van der Waals surface area contributed by atoms with Crippen LogP contribution in [-0.2, 0) is 4.84 Å². The fourth-order valence-corrected chi connectivity index (χ4v) is 1.27. The molecule has 5 heteroatoms. The van der Waals surface area contributed by atoms with Crippen LogP contribution in [0.5, 0.6) is 5.75 Å². The first-order valence-corrected chi connectivity index (χ1v) is 4.82. The largest absolute Gasteiger partial charge is 0.493 e. The zero-order chi connectivity index (χ0) is 11.3. The van der Waals surface area contributed by atoms with Crippen LogP contribution < -0.4 is 10.2 Å². The number of benzene rings is 1. The Kier molecular flexibility index (Phi) is 4.39. The van der Waals surface area contributed by atoms with E-state index in [1.807, 2.05) is 6.92 Å². The van der Waals surface area contributed by atoms with Gasteiger partial charge in [-0.3, -0.25) is 9.63 Å². The molecule has 4 nitrogen and oxygen atoms in total. The summed E-state index contributed by atoms with van der Waals surface area (Å²) in [5, 5.41) is 0.521. The van der Waals surface area contributed by atoms with Gasteiger partial charge in [-0.15, -0.1) is 0 Å². The second-order valence-electron chi connectivity index (χ2n) is 2.71. The maximum absolute atomic E-state index is 11.5. The molecule has 0 bridgehead atoms. The van der Waals surface area contributed by atoms with Gasteiger partial charge in [-0.25, -0.2) is 5.48 Å². The van der Waals surface area contributed by atoms with Gasteiger partial charge in [0.05, 0.1) is 19.3 Å². The van der Waals surface area contributed by atoms with E-state index < -0.39 is 0 Å². The molecule has 0 saturated heterocycles. The van der Waals surface area contributed by atoms with Gasteiger partial charge in [-0.1, -0.05) is 11.6 Å². The summed E-state index contributed by atoms with van der Waals surface area (Å²) >= 11 is 5.79. The van der Waals surface area contributed by atoms with Crippen LogP contribution in [0.25, 0.3) is 0 Å². The monoisotopic (exact) mass is 229 g/mol. The zero-order valence-electron chi connectivity index (χ0n) is 8.54. The first-order chi connectivity index (χ1) is 7.19. The fraction of sp³-hybridized carbons (Fsp3) is 0.300. The van der Waals surface area contributed by atoms with Gasteiger partial charge in [-0.05, 0) is 25.1 Å². The first kappa shape index (κ1) is 11.8. The molecule has 0 radical (unpaired) electrons. The van der Waals surface area contributed by atoms with E-state index in [0.29, 0.717) is 22.9 Å². The molecule has 0 aliphatic rings. The Balaban J connectivity index is 2.99. The van der Waals surface area contributed by atoms with Crippen LogP contribution >= 0.6 is 11.6 Å². The summed E-state index contributed by atoms with van der Waals surface area (Å²) in [6, 6.07) is 4.80. The molecule has 1 amide bonds. The van der Waals surface area contributed by atoms with E-state index in [4.69, 9.17) is 16.3 Å². The SMILES string of the molecule is CCOc1cc(Cl)ccc1C(=O)NOC. The molecule has 1 aromatic rings. The molecule has 15 heavy (non-hydrogen) atoms. The quantitative estimate of drug-likeness (QED) is 0.804. The zero-order valence-corrected chi connectivity index (χ0v) is 9.30. The van der Waals surface area contributed by atoms with Gasteiger partial charge < -0.3 is 4.74 Å². The van der Waals surface area contributed by atoms with E-state index in [1.54, 1.807) is 18.2 Å². The number of hydroxylamine groups is 1. The number of carbonyl (C=O) groups is 1. The minimum Gasteiger partial charge on any atom is -0.493 e. The second-order valence-corrected chi connectivity index (χ2v) is 3.15. The van der Waals surface area contributed by atoms with Crippen molar-refractivity contribution in [1.82, 2.24) is 5.48 Å². The van der Waals surface area contributed by atoms with Crippen molar-refractivity contribution in [3.63, 3.8) is 0 Å². The number of hydrogen-bond acceptors (Lipinski definition) is 3. The number of ether oxygens (including phenoxy) is 1. The Labute approximate surface area is 93.1 Å². The average molecular weight is 230 g/mol. The second kappa shape index (κ2) is 5.58. The highest BCUT2D eigenvalue weighted by atomic mass is 35.5. The van der Waals surface area contributed by atoms with Crippen molar-refractivity contribution in [3.05, 3.63) is 28.8 Å². The highest BCUT2D eigenvalue weighted by molar-refractivity contribution is 6.30. The number of hydrogen-bond donors (Lipinski definition) is 1. The van der Waals surface area contributed by atoms with E-state index in [1.165, 1.54) is 7.11 Å². The molecule has 1 rings (SSSR count). The molecular weight excluding hydrogens is 218 g/mol. The smallest absolute Gasteiger partial charge is 0.278 e. The van der Waals surface area contributed by atoms with Gasteiger partial charge in [0, 0.05) is 5.02 Å². The molecular formula is C10H12ClNO3. The molecule has 0 unspecified atom stereocenters. The van der Waals surface area contributed by atoms with Crippen molar-refractivity contribution >= 4 is 17.5 Å². The first-order valence-electron chi connectivity index (χ1n) is 4.44. The van der Waals surface area contributed by atoms with Gasteiger partial charge in [0.1, 0.15) is 5.75 Å². The molecule has 0 heterocycles. The van der Waals surface area contributed by atoms with E-state index >= 15 is 0 Å². The van der Waals surface area contributed by atoms with Crippen molar-refractivity contribution in [1.29, 1.82) is 0 Å². The summed E-state index contributed by atoms with van der Waals surface area (Å²) in [5.41, 5.74) is 2.61. The number of halogens is 1. The predicted molar refractivity (Wildman–Crippen MR) is 57.1 cm³/mol. The Bertz CT molecular complexity index is 355. The van der Waals surface area contributed by atoms with Crippen LogP contribution in [0.2, 0.25) is 5.02 Å². The number of amides is 1. The van der Waals surface area contributed by atoms with E-state index in [0.717, 1.165) is 0 Å². The minimum absolute atomic E-state index is 0.363. The van der Waals surface area contributed by atoms with Crippen LogP contribution in [0.15, 0.2) is 18.2 Å². The van der Waals surface area contributed by atoms with Gasteiger partial charge in [0.25, 0.3) is 5.91 Å². The Morgan fingerprint density at radius 1 is 1.53 bits per heavy atom. The highest BCUT2D eigenvalue weighted by Crippen LogP contribution is 2.23. The van der Waals surface area contributed by atoms with Crippen LogP contribution in [0, 0.1) is 0 Å². The Hall–Kier alpha value is -1.26. The fourth-order valence-electron chi connectivity index (χ4n) is 1.11. The number of rotatable bonds is 4. The Morgan fingerprint density at radius 3 is 2.87 bits per heavy atom. The lowest BCUT2D eigenvalue weighted by Crippen LogP contribution is -2.22. The van der Waals surface area contributed by atoms with Crippen molar-refractivity contribution in [2.45, 2.75) is 6.92 Å². The summed E-state index contributed by atoms with van der Waals surface area (Å²) in [7, 11) is 1.37. The van der Waals surface area contributed by atoms with Crippen LogP contribution in [0.3, 0.4) is 0 Å². The van der Waals surface area contributed by atoms with E-state index in [9.17, 15) is 4.79 Å². The molecule has 1 N–H and O–H groups in total. The predicted octanol–water partition coefficient (Wildman–Crippen LogP) is 2.03. The average Bonchev–Trinajstić information content (AvgIpc) is 2.18. The molecule has 0 fully saturated rings. The summed E-state index contributed by atoms with van der Waals surface area (Å²) in [6.45, 7) is 2.30. The molecule has 0 aromatic heterocycles. The normalized spacial score (nSPS) is 9.80. The number of carbonyl (C=O) groups excluding carboxylic acids is 1. The van der Waals surface area contributed by atoms with Crippen molar-refractivity contribution in [2.75, 3.05) is 13.7 Å². The van der Waals surface area contributed by atoms with Crippen LogP contribution in [0.4, 0.5) is 0 Å². The van der Waals surface area contributed by atoms with Gasteiger partial charge in [-0.2, -0.15) is 0 Å². The third-order valence-corrected chi connectivity index (χ3v) is 1.92. The summed E-state index contributed by atoms with van der Waals surface area (Å²) in [4.78, 5) is 16.0. The summed E-state index contributed by atoms with van der Waals surface area (Å²) < 4.78 is 5.28. The van der Waals surface area contributed by atoms with E-state index in [-0.39, 0.29) is 5.91 Å². The number of nitrogens with one attached hydrogen (secondary N) is 1. The van der Waals surface area contributed by atoms with E-state index in [2.05, 4.69) is 10.3 Å². The molecule has 0 aliphatic carbocycles. The van der Waals surface area contributed by atoms with Gasteiger partial charge in [0.15, 0.2) is 0 Å². The van der Waals surface area contributed by atoms with Crippen molar-refractivity contribution in [2.24, 2.45) is 0 Å². The summed E-state index contributed by atoms with van der Waals surface area (Å²) in [6.07, 6.45) is 0. The molecule has 82 valence electrons. The van der Waals surface area contributed by atoms with Crippen LogP contribution in [-0.4, -0.2) is 19.6 Å². The third kappa shape index (κ3) is 3.11. The maximum atomic E-state index is 11.5. The Morgan fingerprint density at radius 2 is 2.27 bits per heavy atom. The lowest BCUT2D eigenvalue weighted by molar-refractivity contribution is 0.0534. The van der Waals surface area contributed by atoms with Gasteiger partial charge in [0.2, 0.25) is 0 Å². The lowest BCUT2D eigenvalue weighted by Gasteiger charge is -2.09. The molecule has 0 aliphatic heterocycles. The summed E-state index contributed by atoms with van der Waals surface area (Å²) in [5.74, 6) is 0.0807. The van der Waals surface area contributed by atoms with Crippen LogP contribution in [0.1, 0.15) is 17.3 Å². The minimum atomic E-state index is -0.363. The van der Waals surface area contributed by atoms with Crippen molar-refractivity contribution in [3.8, 4) is 5.75 Å². The molecule has 0 saturated carbocycles. The van der Waals surface area contributed by atoms with Crippen molar-refractivity contribution < 1.29 is 14.4 Å². The molecule has 0 atom stereocenters. The molecule has 1 aromatic carbocycles. The third-order valence-electron chi connectivity index (χ3n) is 1.68. The standard InChI is InChI=1S/C10H12ClNO3/c1-3-15-9-6-7(11)4-5-8(9)10(13)12-14-2/h4-6H,3H2,1-2H3,(H,12,13). The topological polar surface area (TPSA) is 47.6 Å². The molecule has 0 spiro atoms.